The minimum absolute atomic E-state index is 0.357. The number of aliphatic hydroxyl groups is 2. The highest BCUT2D eigenvalue weighted by Gasteiger charge is 2.45. The lowest BCUT2D eigenvalue weighted by molar-refractivity contribution is -0.0504. The van der Waals surface area contributed by atoms with Crippen LogP contribution in [0.5, 0.6) is 0 Å². The first kappa shape index (κ1) is 22.7. The molecule has 0 spiro atoms. The van der Waals surface area contributed by atoms with Gasteiger partial charge in [0.05, 0.1) is 12.9 Å². The number of aromatic nitrogens is 4. The Morgan fingerprint density at radius 1 is 1.16 bits per heavy atom. The molecule has 4 atom stereocenters. The van der Waals surface area contributed by atoms with Gasteiger partial charge in [0, 0.05) is 6.54 Å². The van der Waals surface area contributed by atoms with Crippen LogP contribution in [0.2, 0.25) is 0 Å². The number of phosphoric ester groups is 1. The molecule has 0 unspecified atom stereocenters. The van der Waals surface area contributed by atoms with Gasteiger partial charge in [-0.3, -0.25) is 9.09 Å². The first-order valence-electron chi connectivity index (χ1n) is 9.83. The van der Waals surface area contributed by atoms with Crippen molar-refractivity contribution in [2.75, 3.05) is 11.9 Å². The minimum Gasteiger partial charge on any atom is -0.387 e. The molecule has 0 amide bonds. The molecule has 5 N–H and O–H groups in total. The fourth-order valence-corrected chi connectivity index (χ4v) is 3.88. The predicted octanol–water partition coefficient (Wildman–Crippen LogP) is 0.784. The Morgan fingerprint density at radius 2 is 1.94 bits per heavy atom. The van der Waals surface area contributed by atoms with Crippen LogP contribution >= 0.6 is 7.82 Å². The van der Waals surface area contributed by atoms with Crippen LogP contribution in [-0.2, 0) is 20.4 Å². The van der Waals surface area contributed by atoms with Gasteiger partial charge in [-0.05, 0) is 30.5 Å². The van der Waals surface area contributed by atoms with E-state index in [2.05, 4.69) is 30.9 Å². The molecular formula is C19H24N5O7P. The van der Waals surface area contributed by atoms with E-state index in [4.69, 9.17) is 14.5 Å². The fourth-order valence-electron chi connectivity index (χ4n) is 3.53. The third kappa shape index (κ3) is 4.66. The summed E-state index contributed by atoms with van der Waals surface area (Å²) in [6.07, 6.45) is -2.30. The Balaban J connectivity index is 1.53. The average molecular weight is 465 g/mol. The molecule has 1 saturated heterocycles. The number of rotatable bonds is 7. The number of nitrogens with one attached hydrogen (secondary N) is 1. The van der Waals surface area contributed by atoms with E-state index < -0.39 is 39.0 Å². The second-order valence-corrected chi connectivity index (χ2v) is 8.89. The standard InChI is InChI=1S/C19H24N5O7P/c1-10-3-4-12(5-11(10)2)6-20-17-14-18(22-8-21-17)24(9-23-14)19-16(26)15(25)13(31-19)7-30-32(27,28)29/h3-5,8-9,13,15-16,19,25-26H,6-7H2,1-2H3,(H,20,21,22)(H2,27,28,29)/t13-,15-,16-,19-/m1/s1. The fraction of sp³-hybridized carbons (Fsp3) is 0.421. The number of fused-ring (bicyclic) bond motifs is 1. The molecule has 1 aromatic carbocycles. The smallest absolute Gasteiger partial charge is 0.387 e. The zero-order valence-electron chi connectivity index (χ0n) is 17.4. The SMILES string of the molecule is Cc1ccc(CNc2ncnc3c2ncn3[C@@H]2O[C@H](COP(=O)(O)O)[C@@H](O)[C@H]2O)cc1C. The van der Waals surface area contributed by atoms with E-state index in [1.54, 1.807) is 0 Å². The number of nitrogens with zero attached hydrogens (tertiary/aromatic N) is 4. The van der Waals surface area contributed by atoms with Gasteiger partial charge in [-0.1, -0.05) is 18.2 Å². The van der Waals surface area contributed by atoms with E-state index >= 15 is 0 Å². The maximum atomic E-state index is 10.9. The van der Waals surface area contributed by atoms with Crippen LogP contribution in [0.3, 0.4) is 0 Å². The van der Waals surface area contributed by atoms with Crippen molar-refractivity contribution >= 4 is 24.8 Å². The van der Waals surface area contributed by atoms with Crippen LogP contribution in [0, 0.1) is 13.8 Å². The lowest BCUT2D eigenvalue weighted by Crippen LogP contribution is -2.33. The van der Waals surface area contributed by atoms with Crippen LogP contribution in [0.15, 0.2) is 30.9 Å². The Morgan fingerprint density at radius 3 is 2.66 bits per heavy atom. The second kappa shape index (κ2) is 8.83. The van der Waals surface area contributed by atoms with Crippen LogP contribution in [-0.4, -0.2) is 64.4 Å². The van der Waals surface area contributed by atoms with Crippen LogP contribution in [0.25, 0.3) is 11.2 Å². The highest BCUT2D eigenvalue weighted by molar-refractivity contribution is 7.46. The highest BCUT2D eigenvalue weighted by atomic mass is 31.2. The van der Waals surface area contributed by atoms with Crippen LogP contribution in [0.4, 0.5) is 5.82 Å². The summed E-state index contributed by atoms with van der Waals surface area (Å²) in [5.74, 6) is 0.487. The van der Waals surface area contributed by atoms with Crippen LogP contribution < -0.4 is 5.32 Å². The van der Waals surface area contributed by atoms with Gasteiger partial charge < -0.3 is 30.1 Å². The molecular weight excluding hydrogens is 441 g/mol. The third-order valence-corrected chi connectivity index (χ3v) is 5.89. The Kier molecular flexibility index (Phi) is 6.28. The van der Waals surface area contributed by atoms with Gasteiger partial charge in [-0.15, -0.1) is 0 Å². The monoisotopic (exact) mass is 465 g/mol. The Labute approximate surface area is 183 Å². The number of benzene rings is 1. The number of anilines is 1. The van der Waals surface area contributed by atoms with E-state index in [9.17, 15) is 14.8 Å². The van der Waals surface area contributed by atoms with Gasteiger partial charge in [0.25, 0.3) is 0 Å². The molecule has 13 heteroatoms. The molecule has 172 valence electrons. The van der Waals surface area contributed by atoms with Gasteiger partial charge in [-0.25, -0.2) is 19.5 Å². The number of ether oxygens (including phenoxy) is 1. The molecule has 0 radical (unpaired) electrons. The van der Waals surface area contributed by atoms with Crippen LogP contribution in [0.1, 0.15) is 22.9 Å². The molecule has 0 bridgehead atoms. The van der Waals surface area contributed by atoms with E-state index in [1.165, 1.54) is 28.3 Å². The summed E-state index contributed by atoms with van der Waals surface area (Å²) < 4.78 is 22.4. The molecule has 3 aromatic rings. The first-order valence-corrected chi connectivity index (χ1v) is 11.4. The molecule has 0 saturated carbocycles. The third-order valence-electron chi connectivity index (χ3n) is 5.41. The normalized spacial score (nSPS) is 23.7. The van der Waals surface area contributed by atoms with Crippen molar-refractivity contribution in [2.24, 2.45) is 0 Å². The molecule has 4 rings (SSSR count). The maximum absolute atomic E-state index is 10.9. The van der Waals surface area contributed by atoms with Crippen molar-refractivity contribution < 1.29 is 33.8 Å². The largest absolute Gasteiger partial charge is 0.469 e. The Bertz CT molecular complexity index is 1170. The Hall–Kier alpha value is -2.44. The van der Waals surface area contributed by atoms with Crippen molar-refractivity contribution in [3.63, 3.8) is 0 Å². The zero-order chi connectivity index (χ0) is 23.0. The number of hydrogen-bond donors (Lipinski definition) is 5. The summed E-state index contributed by atoms with van der Waals surface area (Å²) in [4.78, 5) is 30.5. The quantitative estimate of drug-likeness (QED) is 0.312. The lowest BCUT2D eigenvalue weighted by Gasteiger charge is -2.16. The molecule has 3 heterocycles. The van der Waals surface area contributed by atoms with Gasteiger partial charge in [0.15, 0.2) is 23.2 Å². The molecule has 12 nitrogen and oxygen atoms in total. The highest BCUT2D eigenvalue weighted by Crippen LogP contribution is 2.39. The summed E-state index contributed by atoms with van der Waals surface area (Å²) in [7, 11) is -4.75. The number of aryl methyl sites for hydroxylation is 2. The predicted molar refractivity (Wildman–Crippen MR) is 112 cm³/mol. The van der Waals surface area contributed by atoms with Crippen molar-refractivity contribution in [3.8, 4) is 0 Å². The molecule has 2 aromatic heterocycles. The molecule has 1 aliphatic heterocycles. The molecule has 1 aliphatic rings. The number of phosphoric acid groups is 1. The summed E-state index contributed by atoms with van der Waals surface area (Å²) in [6, 6.07) is 6.16. The van der Waals surface area contributed by atoms with Crippen molar-refractivity contribution in [3.05, 3.63) is 47.5 Å². The lowest BCUT2D eigenvalue weighted by atomic mass is 10.1. The summed E-state index contributed by atoms with van der Waals surface area (Å²) in [5, 5.41) is 23.9. The zero-order valence-corrected chi connectivity index (χ0v) is 18.3. The minimum atomic E-state index is -4.75. The van der Waals surface area contributed by atoms with Gasteiger partial charge in [0.2, 0.25) is 0 Å². The second-order valence-electron chi connectivity index (χ2n) is 7.65. The maximum Gasteiger partial charge on any atom is 0.469 e. The van der Waals surface area contributed by atoms with E-state index in [-0.39, 0.29) is 0 Å². The number of hydrogen-bond acceptors (Lipinski definition) is 9. The van der Waals surface area contributed by atoms with Gasteiger partial charge in [-0.2, -0.15) is 0 Å². The van der Waals surface area contributed by atoms with Crippen molar-refractivity contribution in [1.29, 1.82) is 0 Å². The summed E-state index contributed by atoms with van der Waals surface area (Å²) in [6.45, 7) is 4.02. The average Bonchev–Trinajstić information content (AvgIpc) is 3.29. The summed E-state index contributed by atoms with van der Waals surface area (Å²) in [5.41, 5.74) is 4.26. The topological polar surface area (TPSA) is 172 Å². The van der Waals surface area contributed by atoms with Gasteiger partial charge in [0.1, 0.15) is 24.6 Å². The van der Waals surface area contributed by atoms with E-state index in [1.807, 2.05) is 26.0 Å². The first-order chi connectivity index (χ1) is 15.1. The number of imidazole rings is 1. The van der Waals surface area contributed by atoms with E-state index in [0.717, 1.165) is 5.56 Å². The van der Waals surface area contributed by atoms with E-state index in [0.29, 0.717) is 23.5 Å². The molecule has 1 fully saturated rings. The van der Waals surface area contributed by atoms with Gasteiger partial charge >= 0.3 is 7.82 Å². The van der Waals surface area contributed by atoms with Crippen molar-refractivity contribution in [2.45, 2.75) is 44.9 Å². The van der Waals surface area contributed by atoms with Crippen molar-refractivity contribution in [1.82, 2.24) is 19.5 Å². The number of aliphatic hydroxyl groups excluding tert-OH is 2. The molecule has 32 heavy (non-hydrogen) atoms. The molecule has 0 aliphatic carbocycles. The summed E-state index contributed by atoms with van der Waals surface area (Å²) >= 11 is 0.